The fourth-order valence-electron chi connectivity index (χ4n) is 2.14. The van der Waals surface area contributed by atoms with Crippen molar-refractivity contribution in [1.29, 1.82) is 0 Å². The zero-order chi connectivity index (χ0) is 17.4. The van der Waals surface area contributed by atoms with Crippen LogP contribution in [-0.4, -0.2) is 20.3 Å². The molecule has 0 aliphatic rings. The van der Waals surface area contributed by atoms with E-state index < -0.39 is 0 Å². The van der Waals surface area contributed by atoms with Crippen molar-refractivity contribution in [3.63, 3.8) is 0 Å². The molecule has 0 fully saturated rings. The Morgan fingerprint density at radius 2 is 1.75 bits per heavy atom. The molecule has 0 aliphatic heterocycles. The first-order valence-corrected chi connectivity index (χ1v) is 8.38. The van der Waals surface area contributed by atoms with Gasteiger partial charge in [-0.2, -0.15) is 0 Å². The van der Waals surface area contributed by atoms with Crippen LogP contribution < -0.4 is 14.2 Å². The molecule has 3 nitrogen and oxygen atoms in total. The lowest BCUT2D eigenvalue weighted by molar-refractivity contribution is 0.240. The number of rotatable bonds is 9. The Labute approximate surface area is 152 Å². The fraction of sp³-hybridized carbons (Fsp3) is 0.263. The minimum absolute atomic E-state index is 0.430. The van der Waals surface area contributed by atoms with E-state index in [1.54, 1.807) is 25.3 Å². The van der Waals surface area contributed by atoms with Gasteiger partial charge in [0.1, 0.15) is 10.8 Å². The molecule has 2 rings (SSSR count). The molecular weight excluding hydrogens is 347 g/mol. The second-order valence-corrected chi connectivity index (χ2v) is 5.87. The van der Waals surface area contributed by atoms with Crippen molar-refractivity contribution in [3.05, 3.63) is 64.7 Å². The number of ether oxygens (including phenoxy) is 3. The lowest BCUT2D eigenvalue weighted by Gasteiger charge is -2.12. The number of allylic oxidation sites excluding steroid dienone is 1. The number of halogens is 2. The van der Waals surface area contributed by atoms with Crippen LogP contribution in [0.2, 0.25) is 10.0 Å². The molecule has 0 N–H and O–H groups in total. The lowest BCUT2D eigenvalue weighted by atomic mass is 10.1. The van der Waals surface area contributed by atoms with Crippen LogP contribution in [-0.2, 0) is 6.42 Å². The third kappa shape index (κ3) is 5.08. The number of benzene rings is 2. The maximum absolute atomic E-state index is 6.07. The smallest absolute Gasteiger partial charge is 0.161 e. The molecule has 24 heavy (non-hydrogen) atoms. The van der Waals surface area contributed by atoms with Crippen LogP contribution in [0.15, 0.2) is 49.1 Å². The molecular formula is C19H20Cl2O3. The highest BCUT2D eigenvalue weighted by molar-refractivity contribution is 6.42. The fourth-order valence-corrected chi connectivity index (χ4v) is 2.49. The van der Waals surface area contributed by atoms with Gasteiger partial charge in [-0.3, -0.25) is 0 Å². The Morgan fingerprint density at radius 1 is 1.00 bits per heavy atom. The molecule has 2 aromatic rings. The SMILES string of the molecule is C=CCc1ccc(OCCCOc2cccc(Cl)c2Cl)c(OC)c1. The van der Waals surface area contributed by atoms with E-state index in [2.05, 4.69) is 6.58 Å². The average molecular weight is 367 g/mol. The summed E-state index contributed by atoms with van der Waals surface area (Å²) < 4.78 is 16.8. The first kappa shape index (κ1) is 18.5. The summed E-state index contributed by atoms with van der Waals surface area (Å²) in [6.45, 7) is 4.73. The molecule has 0 saturated heterocycles. The average Bonchev–Trinajstić information content (AvgIpc) is 2.59. The van der Waals surface area contributed by atoms with Gasteiger partial charge in [0.25, 0.3) is 0 Å². The minimum Gasteiger partial charge on any atom is -0.493 e. The third-order valence-corrected chi connectivity index (χ3v) is 4.13. The molecule has 0 aromatic heterocycles. The molecule has 0 radical (unpaired) electrons. The van der Waals surface area contributed by atoms with E-state index in [1.807, 2.05) is 24.3 Å². The van der Waals surface area contributed by atoms with E-state index in [0.717, 1.165) is 12.0 Å². The Kier molecular flexibility index (Phi) is 7.29. The van der Waals surface area contributed by atoms with Crippen LogP contribution in [0.1, 0.15) is 12.0 Å². The topological polar surface area (TPSA) is 27.7 Å². The second-order valence-electron chi connectivity index (χ2n) is 5.08. The van der Waals surface area contributed by atoms with Gasteiger partial charge in [0, 0.05) is 6.42 Å². The van der Waals surface area contributed by atoms with Gasteiger partial charge in [0.2, 0.25) is 0 Å². The maximum Gasteiger partial charge on any atom is 0.161 e. The summed E-state index contributed by atoms with van der Waals surface area (Å²) in [4.78, 5) is 0. The van der Waals surface area contributed by atoms with Crippen LogP contribution in [0.25, 0.3) is 0 Å². The molecule has 0 amide bonds. The van der Waals surface area contributed by atoms with Gasteiger partial charge in [-0.1, -0.05) is 41.4 Å². The summed E-state index contributed by atoms with van der Waals surface area (Å²) in [7, 11) is 1.63. The number of methoxy groups -OCH3 is 1. The van der Waals surface area contributed by atoms with Crippen molar-refractivity contribution in [2.45, 2.75) is 12.8 Å². The summed E-state index contributed by atoms with van der Waals surface area (Å²) >= 11 is 12.0. The van der Waals surface area contributed by atoms with E-state index in [-0.39, 0.29) is 0 Å². The zero-order valence-electron chi connectivity index (χ0n) is 13.6. The monoisotopic (exact) mass is 366 g/mol. The highest BCUT2D eigenvalue weighted by Gasteiger charge is 2.07. The largest absolute Gasteiger partial charge is 0.493 e. The molecule has 0 saturated carbocycles. The molecule has 2 aromatic carbocycles. The van der Waals surface area contributed by atoms with Crippen LogP contribution in [0.3, 0.4) is 0 Å². The minimum atomic E-state index is 0.430. The highest BCUT2D eigenvalue weighted by Crippen LogP contribution is 2.31. The van der Waals surface area contributed by atoms with E-state index in [9.17, 15) is 0 Å². The van der Waals surface area contributed by atoms with E-state index >= 15 is 0 Å². The van der Waals surface area contributed by atoms with Crippen LogP contribution in [0.4, 0.5) is 0 Å². The zero-order valence-corrected chi connectivity index (χ0v) is 15.1. The Hall–Kier alpha value is -1.84. The van der Waals surface area contributed by atoms with Crippen molar-refractivity contribution >= 4 is 23.2 Å². The van der Waals surface area contributed by atoms with Crippen molar-refractivity contribution in [2.24, 2.45) is 0 Å². The van der Waals surface area contributed by atoms with Crippen LogP contribution >= 0.6 is 23.2 Å². The molecule has 5 heteroatoms. The van der Waals surface area contributed by atoms with E-state index in [1.165, 1.54) is 0 Å². The molecule has 0 atom stereocenters. The maximum atomic E-state index is 6.07. The van der Waals surface area contributed by atoms with Crippen LogP contribution in [0.5, 0.6) is 17.2 Å². The Morgan fingerprint density at radius 3 is 2.46 bits per heavy atom. The van der Waals surface area contributed by atoms with E-state index in [4.69, 9.17) is 37.4 Å². The van der Waals surface area contributed by atoms with Crippen molar-refractivity contribution < 1.29 is 14.2 Å². The Balaban J connectivity index is 1.82. The van der Waals surface area contributed by atoms with Crippen molar-refractivity contribution in [1.82, 2.24) is 0 Å². The van der Waals surface area contributed by atoms with Gasteiger partial charge in [0.15, 0.2) is 11.5 Å². The molecule has 0 spiro atoms. The molecule has 0 unspecified atom stereocenters. The molecule has 128 valence electrons. The highest BCUT2D eigenvalue weighted by atomic mass is 35.5. The number of hydrogen-bond donors (Lipinski definition) is 0. The van der Waals surface area contributed by atoms with Crippen molar-refractivity contribution in [2.75, 3.05) is 20.3 Å². The van der Waals surface area contributed by atoms with Crippen LogP contribution in [0, 0.1) is 0 Å². The van der Waals surface area contributed by atoms with Gasteiger partial charge in [0.05, 0.1) is 25.3 Å². The van der Waals surface area contributed by atoms with Gasteiger partial charge in [-0.15, -0.1) is 6.58 Å². The summed E-state index contributed by atoms with van der Waals surface area (Å²) in [5, 5.41) is 0.911. The summed E-state index contributed by atoms with van der Waals surface area (Å²) in [6.07, 6.45) is 3.36. The van der Waals surface area contributed by atoms with E-state index in [0.29, 0.717) is 46.9 Å². The predicted octanol–water partition coefficient (Wildman–Crippen LogP) is 5.58. The number of hydrogen-bond acceptors (Lipinski definition) is 3. The molecule has 0 bridgehead atoms. The molecule has 0 aliphatic carbocycles. The third-order valence-electron chi connectivity index (χ3n) is 3.33. The summed E-state index contributed by atoms with van der Waals surface area (Å²) in [5.41, 5.74) is 1.13. The lowest BCUT2D eigenvalue weighted by Crippen LogP contribution is -2.06. The van der Waals surface area contributed by atoms with Gasteiger partial charge >= 0.3 is 0 Å². The normalized spacial score (nSPS) is 10.3. The van der Waals surface area contributed by atoms with Gasteiger partial charge in [-0.25, -0.2) is 0 Å². The second kappa shape index (κ2) is 9.45. The molecule has 0 heterocycles. The van der Waals surface area contributed by atoms with Gasteiger partial charge in [-0.05, 0) is 36.2 Å². The summed E-state index contributed by atoms with van der Waals surface area (Å²) in [5.74, 6) is 2.01. The van der Waals surface area contributed by atoms with Crippen molar-refractivity contribution in [3.8, 4) is 17.2 Å². The Bertz CT molecular complexity index is 686. The standard InChI is InChI=1S/C19H20Cl2O3/c1-3-6-14-9-10-16(18(13-14)22-2)23-11-5-12-24-17-8-4-7-15(20)19(17)21/h3-4,7-10,13H,1,5-6,11-12H2,2H3. The summed E-state index contributed by atoms with van der Waals surface area (Å²) in [6, 6.07) is 11.2. The predicted molar refractivity (Wildman–Crippen MR) is 99.0 cm³/mol. The van der Waals surface area contributed by atoms with Gasteiger partial charge < -0.3 is 14.2 Å². The first-order valence-electron chi connectivity index (χ1n) is 7.63. The first-order chi connectivity index (χ1) is 11.7. The quantitative estimate of drug-likeness (QED) is 0.428.